The standard InChI is InChI=1S/C20H25N5O2/c1-23(2)20(27)16-6-8-17(9-7-16)22-19(26)15-24-11-13-25(14-12-24)18-5-3-4-10-21-18/h3-10H,11-15H2,1-2H3,(H,22,26). The van der Waals surface area contributed by atoms with Crippen LogP contribution in [0.2, 0.25) is 0 Å². The second-order valence-corrected chi connectivity index (χ2v) is 6.78. The quantitative estimate of drug-likeness (QED) is 0.868. The molecule has 142 valence electrons. The maximum Gasteiger partial charge on any atom is 0.253 e. The van der Waals surface area contributed by atoms with Gasteiger partial charge in [0.2, 0.25) is 5.91 Å². The van der Waals surface area contributed by atoms with Gasteiger partial charge in [-0.05, 0) is 36.4 Å². The number of nitrogens with one attached hydrogen (secondary N) is 1. The van der Waals surface area contributed by atoms with Gasteiger partial charge in [0.15, 0.2) is 0 Å². The molecule has 0 unspecified atom stereocenters. The molecule has 27 heavy (non-hydrogen) atoms. The number of carbonyl (C=O) groups is 2. The highest BCUT2D eigenvalue weighted by Gasteiger charge is 2.19. The van der Waals surface area contributed by atoms with E-state index in [4.69, 9.17) is 0 Å². The fraction of sp³-hybridized carbons (Fsp3) is 0.350. The van der Waals surface area contributed by atoms with Crippen molar-refractivity contribution in [3.63, 3.8) is 0 Å². The van der Waals surface area contributed by atoms with E-state index in [1.807, 2.05) is 18.2 Å². The Morgan fingerprint density at radius 2 is 1.74 bits per heavy atom. The van der Waals surface area contributed by atoms with Crippen LogP contribution in [-0.4, -0.2) is 73.4 Å². The number of benzene rings is 1. The van der Waals surface area contributed by atoms with Gasteiger partial charge < -0.3 is 15.1 Å². The summed E-state index contributed by atoms with van der Waals surface area (Å²) < 4.78 is 0. The zero-order chi connectivity index (χ0) is 19.2. The van der Waals surface area contributed by atoms with E-state index in [9.17, 15) is 9.59 Å². The first kappa shape index (κ1) is 18.8. The summed E-state index contributed by atoms with van der Waals surface area (Å²) in [7, 11) is 3.43. The molecule has 1 aliphatic heterocycles. The molecule has 7 heteroatoms. The molecule has 0 aliphatic carbocycles. The van der Waals surface area contributed by atoms with Gasteiger partial charge in [-0.15, -0.1) is 0 Å². The van der Waals surface area contributed by atoms with Gasteiger partial charge >= 0.3 is 0 Å². The van der Waals surface area contributed by atoms with Gasteiger partial charge in [-0.25, -0.2) is 4.98 Å². The fourth-order valence-electron chi connectivity index (χ4n) is 3.03. The van der Waals surface area contributed by atoms with E-state index >= 15 is 0 Å². The lowest BCUT2D eigenvalue weighted by Crippen LogP contribution is -2.48. The molecule has 7 nitrogen and oxygen atoms in total. The van der Waals surface area contributed by atoms with Crippen molar-refractivity contribution in [3.8, 4) is 0 Å². The molecule has 1 N–H and O–H groups in total. The molecule has 2 amide bonds. The SMILES string of the molecule is CN(C)C(=O)c1ccc(NC(=O)CN2CCN(c3ccccn3)CC2)cc1. The van der Waals surface area contributed by atoms with Gasteiger partial charge in [-0.2, -0.15) is 0 Å². The summed E-state index contributed by atoms with van der Waals surface area (Å²) in [6.07, 6.45) is 1.80. The normalized spacial score (nSPS) is 14.7. The van der Waals surface area contributed by atoms with Crippen LogP contribution in [0.25, 0.3) is 0 Å². The highest BCUT2D eigenvalue weighted by atomic mass is 16.2. The first-order chi connectivity index (χ1) is 13.0. The minimum Gasteiger partial charge on any atom is -0.354 e. The van der Waals surface area contributed by atoms with Crippen molar-refractivity contribution in [2.24, 2.45) is 0 Å². The number of anilines is 2. The minimum absolute atomic E-state index is 0.0482. The second-order valence-electron chi connectivity index (χ2n) is 6.78. The van der Waals surface area contributed by atoms with Crippen LogP contribution in [0.5, 0.6) is 0 Å². The Bertz CT molecular complexity index is 769. The molecule has 1 aliphatic rings. The molecule has 2 heterocycles. The first-order valence-corrected chi connectivity index (χ1v) is 9.03. The summed E-state index contributed by atoms with van der Waals surface area (Å²) >= 11 is 0. The van der Waals surface area contributed by atoms with Crippen LogP contribution in [0.3, 0.4) is 0 Å². The molecule has 1 saturated heterocycles. The molecule has 1 fully saturated rings. The van der Waals surface area contributed by atoms with Crippen molar-refractivity contribution in [2.75, 3.05) is 57.0 Å². The number of hydrogen-bond acceptors (Lipinski definition) is 5. The highest BCUT2D eigenvalue weighted by molar-refractivity contribution is 5.96. The number of amides is 2. The van der Waals surface area contributed by atoms with Crippen LogP contribution in [0.1, 0.15) is 10.4 Å². The smallest absolute Gasteiger partial charge is 0.253 e. The topological polar surface area (TPSA) is 68.8 Å². The summed E-state index contributed by atoms with van der Waals surface area (Å²) in [6, 6.07) is 12.9. The van der Waals surface area contributed by atoms with Crippen molar-refractivity contribution < 1.29 is 9.59 Å². The van der Waals surface area contributed by atoms with E-state index < -0.39 is 0 Å². The summed E-state index contributed by atoms with van der Waals surface area (Å²) in [6.45, 7) is 3.70. The third kappa shape index (κ3) is 5.04. The van der Waals surface area contributed by atoms with Gasteiger partial charge in [0.05, 0.1) is 6.54 Å². The molecular formula is C20H25N5O2. The van der Waals surface area contributed by atoms with E-state index in [1.165, 1.54) is 4.90 Å². The number of piperazine rings is 1. The number of nitrogens with zero attached hydrogens (tertiary/aromatic N) is 4. The average Bonchev–Trinajstić information content (AvgIpc) is 2.69. The van der Waals surface area contributed by atoms with Crippen LogP contribution >= 0.6 is 0 Å². The zero-order valence-corrected chi connectivity index (χ0v) is 15.8. The molecule has 0 atom stereocenters. The lowest BCUT2D eigenvalue weighted by Gasteiger charge is -2.34. The maximum atomic E-state index is 12.3. The molecule has 2 aromatic rings. The van der Waals surface area contributed by atoms with E-state index in [0.29, 0.717) is 17.8 Å². The predicted molar refractivity (Wildman–Crippen MR) is 106 cm³/mol. The van der Waals surface area contributed by atoms with Gasteiger partial charge in [0.25, 0.3) is 5.91 Å². The Kier molecular flexibility index (Phi) is 6.03. The highest BCUT2D eigenvalue weighted by Crippen LogP contribution is 2.13. The van der Waals surface area contributed by atoms with Crippen LogP contribution in [0.4, 0.5) is 11.5 Å². The molecule has 0 saturated carbocycles. The Balaban J connectivity index is 1.47. The molecule has 1 aromatic carbocycles. The summed E-state index contributed by atoms with van der Waals surface area (Å²) in [5.74, 6) is 0.876. The van der Waals surface area contributed by atoms with Crippen molar-refractivity contribution in [2.45, 2.75) is 0 Å². The van der Waals surface area contributed by atoms with Crippen molar-refractivity contribution in [1.82, 2.24) is 14.8 Å². The Hall–Kier alpha value is -2.93. The molecule has 0 radical (unpaired) electrons. The lowest BCUT2D eigenvalue weighted by atomic mass is 10.2. The van der Waals surface area contributed by atoms with Gasteiger partial charge in [-0.3, -0.25) is 14.5 Å². The monoisotopic (exact) mass is 367 g/mol. The second kappa shape index (κ2) is 8.64. The maximum absolute atomic E-state index is 12.3. The van der Waals surface area contributed by atoms with E-state index in [-0.39, 0.29) is 11.8 Å². The Morgan fingerprint density at radius 3 is 2.33 bits per heavy atom. The Morgan fingerprint density at radius 1 is 1.04 bits per heavy atom. The predicted octanol–water partition coefficient (Wildman–Crippen LogP) is 1.54. The van der Waals surface area contributed by atoms with Crippen LogP contribution in [-0.2, 0) is 4.79 Å². The number of pyridine rings is 1. The third-order valence-corrected chi connectivity index (χ3v) is 4.53. The Labute approximate surface area is 159 Å². The number of hydrogen-bond donors (Lipinski definition) is 1. The number of rotatable bonds is 5. The van der Waals surface area contributed by atoms with Gasteiger partial charge in [-0.1, -0.05) is 6.07 Å². The van der Waals surface area contributed by atoms with E-state index in [1.54, 1.807) is 44.6 Å². The van der Waals surface area contributed by atoms with Crippen molar-refractivity contribution in [1.29, 1.82) is 0 Å². The van der Waals surface area contributed by atoms with E-state index in [0.717, 1.165) is 32.0 Å². The summed E-state index contributed by atoms with van der Waals surface area (Å²) in [4.78, 5) is 34.5. The summed E-state index contributed by atoms with van der Waals surface area (Å²) in [5.41, 5.74) is 1.30. The molecule has 3 rings (SSSR count). The van der Waals surface area contributed by atoms with Gasteiger partial charge in [0.1, 0.15) is 5.82 Å². The van der Waals surface area contributed by atoms with Crippen molar-refractivity contribution >= 4 is 23.3 Å². The molecule has 1 aromatic heterocycles. The fourth-order valence-corrected chi connectivity index (χ4v) is 3.03. The molecule has 0 spiro atoms. The van der Waals surface area contributed by atoms with Crippen LogP contribution < -0.4 is 10.2 Å². The minimum atomic E-state index is -0.0568. The number of aromatic nitrogens is 1. The van der Waals surface area contributed by atoms with E-state index in [2.05, 4.69) is 20.1 Å². The largest absolute Gasteiger partial charge is 0.354 e. The average molecular weight is 367 g/mol. The summed E-state index contributed by atoms with van der Waals surface area (Å²) in [5, 5.41) is 2.90. The van der Waals surface area contributed by atoms with Gasteiger partial charge in [0, 0.05) is 57.7 Å². The van der Waals surface area contributed by atoms with Crippen molar-refractivity contribution in [3.05, 3.63) is 54.2 Å². The molecule has 0 bridgehead atoms. The zero-order valence-electron chi connectivity index (χ0n) is 15.8. The lowest BCUT2D eigenvalue weighted by molar-refractivity contribution is -0.117. The van der Waals surface area contributed by atoms with Crippen LogP contribution in [0, 0.1) is 0 Å². The van der Waals surface area contributed by atoms with Crippen LogP contribution in [0.15, 0.2) is 48.7 Å². The number of carbonyl (C=O) groups excluding carboxylic acids is 2. The molecular weight excluding hydrogens is 342 g/mol. The third-order valence-electron chi connectivity index (χ3n) is 4.53. The first-order valence-electron chi connectivity index (χ1n) is 9.03.